The van der Waals surface area contributed by atoms with Crippen LogP contribution in [0.4, 0.5) is 0 Å². The maximum atomic E-state index is 9.87. The smallest absolute Gasteiger partial charge is 0.0802 e. The number of hydrogen-bond donors (Lipinski definition) is 2. The van der Waals surface area contributed by atoms with E-state index < -0.39 is 12.2 Å². The molecule has 2 heterocycles. The summed E-state index contributed by atoms with van der Waals surface area (Å²) in [6.07, 6.45) is 0.437. The average Bonchev–Trinajstić information content (AvgIpc) is 3.02. The molecule has 1 saturated heterocycles. The van der Waals surface area contributed by atoms with E-state index in [2.05, 4.69) is 46.8 Å². The van der Waals surface area contributed by atoms with Crippen molar-refractivity contribution in [3.8, 4) is 0 Å². The van der Waals surface area contributed by atoms with Crippen molar-refractivity contribution in [2.75, 3.05) is 13.1 Å². The van der Waals surface area contributed by atoms with E-state index in [9.17, 15) is 10.2 Å². The van der Waals surface area contributed by atoms with Gasteiger partial charge in [0.2, 0.25) is 0 Å². The highest BCUT2D eigenvalue weighted by atomic mass is 16.3. The number of aryl methyl sites for hydroxylation is 1. The zero-order valence-corrected chi connectivity index (χ0v) is 13.0. The molecule has 0 spiro atoms. The Kier molecular flexibility index (Phi) is 3.48. The minimum Gasteiger partial charge on any atom is -0.390 e. The minimum atomic E-state index is -0.529. The molecular weight excluding hydrogens is 276 g/mol. The zero-order valence-electron chi connectivity index (χ0n) is 13.0. The van der Waals surface area contributed by atoms with E-state index in [1.54, 1.807) is 0 Å². The van der Waals surface area contributed by atoms with Crippen LogP contribution in [0.2, 0.25) is 0 Å². The molecule has 1 aliphatic carbocycles. The van der Waals surface area contributed by atoms with Crippen molar-refractivity contribution in [1.82, 2.24) is 9.47 Å². The molecule has 2 aliphatic rings. The Morgan fingerprint density at radius 1 is 1.05 bits per heavy atom. The van der Waals surface area contributed by atoms with Crippen LogP contribution in [0, 0.1) is 11.8 Å². The van der Waals surface area contributed by atoms with E-state index >= 15 is 0 Å². The van der Waals surface area contributed by atoms with Gasteiger partial charge < -0.3 is 14.8 Å². The van der Waals surface area contributed by atoms with E-state index in [1.807, 2.05) is 0 Å². The number of aliphatic hydroxyl groups excluding tert-OH is 2. The van der Waals surface area contributed by atoms with Gasteiger partial charge in [-0.3, -0.25) is 4.90 Å². The van der Waals surface area contributed by atoms with Gasteiger partial charge in [-0.2, -0.15) is 0 Å². The number of fused-ring (bicyclic) bond motifs is 2. The van der Waals surface area contributed by atoms with Crippen LogP contribution in [0.1, 0.15) is 18.5 Å². The lowest BCUT2D eigenvalue weighted by Gasteiger charge is -2.32. The zero-order chi connectivity index (χ0) is 15.3. The Bertz CT molecular complexity index is 663. The molecular formula is C18H24N2O2. The van der Waals surface area contributed by atoms with Gasteiger partial charge in [-0.25, -0.2) is 0 Å². The third kappa shape index (κ3) is 2.35. The van der Waals surface area contributed by atoms with E-state index in [4.69, 9.17) is 0 Å². The van der Waals surface area contributed by atoms with Crippen molar-refractivity contribution in [2.45, 2.75) is 31.6 Å². The first kappa shape index (κ1) is 14.2. The van der Waals surface area contributed by atoms with Crippen LogP contribution in [-0.4, -0.2) is 45.0 Å². The number of likely N-dealkylation sites (tertiary alicyclic amines) is 1. The Morgan fingerprint density at radius 3 is 2.32 bits per heavy atom. The second-order valence-electron chi connectivity index (χ2n) is 7.07. The van der Waals surface area contributed by atoms with Crippen LogP contribution in [0.15, 0.2) is 30.3 Å². The first-order valence-corrected chi connectivity index (χ1v) is 8.23. The van der Waals surface area contributed by atoms with Crippen LogP contribution in [0.3, 0.4) is 0 Å². The Labute approximate surface area is 131 Å². The third-order valence-electron chi connectivity index (χ3n) is 5.62. The van der Waals surface area contributed by atoms with Crippen LogP contribution in [0.5, 0.6) is 0 Å². The normalized spacial score (nSPS) is 32.5. The monoisotopic (exact) mass is 300 g/mol. The van der Waals surface area contributed by atoms with Crippen molar-refractivity contribution < 1.29 is 10.2 Å². The van der Waals surface area contributed by atoms with Gasteiger partial charge in [-0.15, -0.1) is 0 Å². The fourth-order valence-corrected chi connectivity index (χ4v) is 4.36. The SMILES string of the molecule is Cn1c(CN2C[C@H]3C[C@H](O)[C@@H](O)C[C@H]3C2)cc2ccccc21. The third-order valence-corrected chi connectivity index (χ3v) is 5.62. The van der Waals surface area contributed by atoms with E-state index in [0.29, 0.717) is 11.8 Å². The molecule has 0 radical (unpaired) electrons. The standard InChI is InChI=1S/C18H24N2O2/c1-19-15(6-12-4-2-3-5-16(12)19)11-20-9-13-7-17(21)18(22)8-14(13)10-20/h2-6,13-14,17-18,21-22H,7-11H2,1H3/t13-,14+,17-,18-/m0/s1. The lowest BCUT2D eigenvalue weighted by molar-refractivity contribution is -0.0372. The molecule has 4 heteroatoms. The van der Waals surface area contributed by atoms with Gasteiger partial charge in [0.1, 0.15) is 0 Å². The fraction of sp³-hybridized carbons (Fsp3) is 0.556. The summed E-state index contributed by atoms with van der Waals surface area (Å²) >= 11 is 0. The fourth-order valence-electron chi connectivity index (χ4n) is 4.36. The van der Waals surface area contributed by atoms with Gasteiger partial charge in [0.15, 0.2) is 0 Å². The lowest BCUT2D eigenvalue weighted by Crippen LogP contribution is -2.38. The molecule has 1 aliphatic heterocycles. The molecule has 1 saturated carbocycles. The summed E-state index contributed by atoms with van der Waals surface area (Å²) in [5.74, 6) is 1.07. The number of benzene rings is 1. The number of para-hydroxylation sites is 1. The number of aromatic nitrogens is 1. The predicted octanol–water partition coefficient (Wildman–Crippen LogP) is 1.74. The van der Waals surface area contributed by atoms with Crippen LogP contribution < -0.4 is 0 Å². The number of aliphatic hydroxyl groups is 2. The quantitative estimate of drug-likeness (QED) is 0.888. The number of nitrogens with zero attached hydrogens (tertiary/aromatic N) is 2. The summed E-state index contributed by atoms with van der Waals surface area (Å²) < 4.78 is 2.28. The van der Waals surface area contributed by atoms with Gasteiger partial charge in [0, 0.05) is 37.9 Å². The summed E-state index contributed by atoms with van der Waals surface area (Å²) in [5.41, 5.74) is 2.61. The lowest BCUT2D eigenvalue weighted by atomic mass is 9.79. The van der Waals surface area contributed by atoms with Crippen molar-refractivity contribution in [3.05, 3.63) is 36.0 Å². The summed E-state index contributed by atoms with van der Waals surface area (Å²) in [7, 11) is 2.13. The first-order chi connectivity index (χ1) is 10.6. The molecule has 0 unspecified atom stereocenters. The molecule has 22 heavy (non-hydrogen) atoms. The van der Waals surface area contributed by atoms with Crippen molar-refractivity contribution >= 4 is 10.9 Å². The Balaban J connectivity index is 1.51. The summed E-state index contributed by atoms with van der Waals surface area (Å²) in [6, 6.07) is 10.8. The Morgan fingerprint density at radius 2 is 1.68 bits per heavy atom. The summed E-state index contributed by atoms with van der Waals surface area (Å²) in [4.78, 5) is 2.48. The van der Waals surface area contributed by atoms with E-state index in [1.165, 1.54) is 16.6 Å². The topological polar surface area (TPSA) is 48.6 Å². The molecule has 4 rings (SSSR count). The highest BCUT2D eigenvalue weighted by Gasteiger charge is 2.41. The molecule has 1 aromatic heterocycles. The maximum absolute atomic E-state index is 9.87. The van der Waals surface area contributed by atoms with Crippen LogP contribution in [-0.2, 0) is 13.6 Å². The van der Waals surface area contributed by atoms with E-state index in [0.717, 1.165) is 32.5 Å². The Hall–Kier alpha value is -1.36. The van der Waals surface area contributed by atoms with Gasteiger partial charge in [0.05, 0.1) is 12.2 Å². The van der Waals surface area contributed by atoms with Crippen molar-refractivity contribution in [3.63, 3.8) is 0 Å². The number of rotatable bonds is 2. The van der Waals surface area contributed by atoms with Gasteiger partial charge >= 0.3 is 0 Å². The molecule has 118 valence electrons. The van der Waals surface area contributed by atoms with Crippen LogP contribution in [0.25, 0.3) is 10.9 Å². The van der Waals surface area contributed by atoms with Gasteiger partial charge in [0.25, 0.3) is 0 Å². The molecule has 4 nitrogen and oxygen atoms in total. The van der Waals surface area contributed by atoms with E-state index in [-0.39, 0.29) is 0 Å². The summed E-state index contributed by atoms with van der Waals surface area (Å²) in [6.45, 7) is 3.02. The molecule has 0 bridgehead atoms. The second-order valence-corrected chi connectivity index (χ2v) is 7.07. The van der Waals surface area contributed by atoms with Crippen LogP contribution >= 0.6 is 0 Å². The predicted molar refractivity (Wildman–Crippen MR) is 86.4 cm³/mol. The maximum Gasteiger partial charge on any atom is 0.0802 e. The van der Waals surface area contributed by atoms with Crippen molar-refractivity contribution in [1.29, 1.82) is 0 Å². The summed E-state index contributed by atoms with van der Waals surface area (Å²) in [5, 5.41) is 21.0. The molecule has 4 atom stereocenters. The molecule has 2 N–H and O–H groups in total. The molecule has 1 aromatic carbocycles. The minimum absolute atomic E-state index is 0.529. The van der Waals surface area contributed by atoms with Crippen molar-refractivity contribution in [2.24, 2.45) is 18.9 Å². The molecule has 2 fully saturated rings. The van der Waals surface area contributed by atoms with Gasteiger partial charge in [-0.05, 0) is 42.2 Å². The average molecular weight is 300 g/mol. The second kappa shape index (κ2) is 5.37. The molecule has 0 amide bonds. The largest absolute Gasteiger partial charge is 0.390 e. The molecule has 2 aromatic rings. The highest BCUT2D eigenvalue weighted by Crippen LogP contribution is 2.37. The highest BCUT2D eigenvalue weighted by molar-refractivity contribution is 5.81. The number of hydrogen-bond acceptors (Lipinski definition) is 3. The first-order valence-electron chi connectivity index (χ1n) is 8.23. The van der Waals surface area contributed by atoms with Gasteiger partial charge in [-0.1, -0.05) is 18.2 Å².